The number of nitrogens with zero attached hydrogens (tertiary/aromatic N) is 4. The van der Waals surface area contributed by atoms with Crippen LogP contribution < -0.4 is 33.2 Å². The summed E-state index contributed by atoms with van der Waals surface area (Å²) in [5.41, 5.74) is 17.8. The molecule has 12 N–H and O–H groups in total. The first-order valence-electron chi connectivity index (χ1n) is 13.0. The number of aliphatic imine (C=N–C) groups is 2. The van der Waals surface area contributed by atoms with Crippen LogP contribution in [0.15, 0.2) is 33.5 Å². The van der Waals surface area contributed by atoms with Gasteiger partial charge in [0.15, 0.2) is 11.9 Å². The maximum atomic E-state index is 12.1. The first kappa shape index (κ1) is 27.8. The van der Waals surface area contributed by atoms with E-state index in [-0.39, 0.29) is 59.5 Å². The number of guanidine groups is 2. The van der Waals surface area contributed by atoms with E-state index in [1.54, 1.807) is 6.20 Å². The number of hydrogen-bond donors (Lipinski definition) is 9. The molecule has 1 saturated carbocycles. The Morgan fingerprint density at radius 2 is 1.65 bits per heavy atom. The zero-order chi connectivity index (χ0) is 29.3. The van der Waals surface area contributed by atoms with E-state index in [0.29, 0.717) is 12.1 Å². The summed E-state index contributed by atoms with van der Waals surface area (Å²) >= 11 is 0. The number of amides is 2. The Bertz CT molecular complexity index is 1240. The summed E-state index contributed by atoms with van der Waals surface area (Å²) in [5.74, 6) is -1.28. The maximum absolute atomic E-state index is 12.1. The van der Waals surface area contributed by atoms with Crippen LogP contribution >= 0.6 is 0 Å². The highest BCUT2D eigenvalue weighted by molar-refractivity contribution is 6.07. The van der Waals surface area contributed by atoms with Gasteiger partial charge in [-0.25, -0.2) is 9.98 Å². The molecule has 9 unspecified atom stereocenters. The second kappa shape index (κ2) is 9.72. The zero-order valence-electron chi connectivity index (χ0n) is 22.7. The van der Waals surface area contributed by atoms with Crippen LogP contribution in [0, 0.1) is 17.2 Å². The van der Waals surface area contributed by atoms with Gasteiger partial charge in [0.2, 0.25) is 11.8 Å². The summed E-state index contributed by atoms with van der Waals surface area (Å²) in [4.78, 5) is 36.4. The van der Waals surface area contributed by atoms with Gasteiger partial charge in [0.25, 0.3) is 0 Å². The molecule has 0 aromatic heterocycles. The van der Waals surface area contributed by atoms with E-state index in [0.717, 1.165) is 5.57 Å². The van der Waals surface area contributed by atoms with Crippen molar-refractivity contribution in [2.45, 2.75) is 69.1 Å². The predicted octanol–water partition coefficient (Wildman–Crippen LogP) is -4.03. The molecular weight excluding hydrogens is 522 g/mol. The van der Waals surface area contributed by atoms with Crippen molar-refractivity contribution in [1.29, 1.82) is 5.41 Å². The topological polar surface area (TPSA) is 256 Å². The van der Waals surface area contributed by atoms with Crippen molar-refractivity contribution < 1.29 is 24.5 Å². The Hall–Kier alpha value is -3.73. The molecule has 0 radical (unpaired) electrons. The lowest BCUT2D eigenvalue weighted by atomic mass is 9.95. The van der Waals surface area contributed by atoms with Gasteiger partial charge < -0.3 is 47.3 Å². The van der Waals surface area contributed by atoms with E-state index in [2.05, 4.69) is 25.9 Å². The number of nitrogens with one attached hydrogen (secondary N) is 4. The van der Waals surface area contributed by atoms with Crippen molar-refractivity contribution in [3.8, 4) is 0 Å². The number of hydrogen-bond acceptors (Lipinski definition) is 13. The lowest BCUT2D eigenvalue weighted by Gasteiger charge is -2.38. The SMILES string of the molecule is CC(C)(C)N1C=C(C(=N)N)C2C(=O)NC(N)=NC21.CN1C=C(CNC2C(O)C(O)C3OC23)C2C(=O)NC(N)=NC21. The summed E-state index contributed by atoms with van der Waals surface area (Å²) < 4.78 is 5.31. The monoisotopic (exact) mass is 559 g/mol. The first-order chi connectivity index (χ1) is 18.7. The number of amidine groups is 1. The average Bonchev–Trinajstić information content (AvgIpc) is 3.33. The van der Waals surface area contributed by atoms with Gasteiger partial charge in [-0.15, -0.1) is 0 Å². The van der Waals surface area contributed by atoms with Crippen LogP contribution in [0.3, 0.4) is 0 Å². The van der Waals surface area contributed by atoms with Crippen LogP contribution in [0.25, 0.3) is 0 Å². The van der Waals surface area contributed by atoms with Crippen LogP contribution in [0.2, 0.25) is 0 Å². The van der Waals surface area contributed by atoms with E-state index >= 15 is 0 Å². The lowest BCUT2D eigenvalue weighted by molar-refractivity contribution is -0.125. The van der Waals surface area contributed by atoms with Crippen molar-refractivity contribution >= 4 is 29.6 Å². The van der Waals surface area contributed by atoms with Gasteiger partial charge in [0, 0.05) is 37.1 Å². The third kappa shape index (κ3) is 4.76. The summed E-state index contributed by atoms with van der Waals surface area (Å²) in [5, 5.41) is 35.5. The van der Waals surface area contributed by atoms with Crippen LogP contribution in [0.5, 0.6) is 0 Å². The fraction of sp³-hybridized carbons (Fsp3) is 0.625. The van der Waals surface area contributed by atoms with E-state index in [1.165, 1.54) is 0 Å². The van der Waals surface area contributed by atoms with Crippen molar-refractivity contribution in [3.63, 3.8) is 0 Å². The minimum absolute atomic E-state index is 0.105. The van der Waals surface area contributed by atoms with Crippen LogP contribution in [0.1, 0.15) is 20.8 Å². The third-order valence-electron chi connectivity index (χ3n) is 7.89. The Balaban J connectivity index is 0.000000165. The van der Waals surface area contributed by atoms with E-state index < -0.39 is 30.2 Å². The Kier molecular flexibility index (Phi) is 6.76. The molecular formula is C24H37N11O5. The smallest absolute Gasteiger partial charge is 0.238 e. The number of epoxide rings is 1. The van der Waals surface area contributed by atoms with Crippen LogP contribution in [0.4, 0.5) is 0 Å². The number of carbonyl (C=O) groups excluding carboxylic acids is 2. The van der Waals surface area contributed by atoms with Gasteiger partial charge in [-0.05, 0) is 26.3 Å². The number of fused-ring (bicyclic) bond motifs is 3. The Labute approximate surface area is 230 Å². The third-order valence-corrected chi connectivity index (χ3v) is 7.89. The van der Waals surface area contributed by atoms with Gasteiger partial charge in [0.1, 0.15) is 54.4 Å². The molecule has 0 bridgehead atoms. The molecule has 40 heavy (non-hydrogen) atoms. The molecule has 9 atom stereocenters. The molecule has 1 saturated heterocycles. The quantitative estimate of drug-likeness (QED) is 0.0910. The lowest BCUT2D eigenvalue weighted by Crippen LogP contribution is -2.54. The normalized spacial score (nSPS) is 37.5. The summed E-state index contributed by atoms with van der Waals surface area (Å²) in [7, 11) is 1.84. The van der Waals surface area contributed by atoms with Gasteiger partial charge in [-0.2, -0.15) is 0 Å². The number of carbonyl (C=O) groups is 2. The molecule has 16 nitrogen and oxygen atoms in total. The second-order valence-electron chi connectivity index (χ2n) is 11.7. The minimum Gasteiger partial charge on any atom is -0.389 e. The standard InChI is InChI=1S/C13H19N5O4.C11H18N6O/c1-18-3-4(5-11(18)16-13(14)17-12(5)21)2-15-6-7(19)8(20)10-9(6)22-10;1-11(2,3)17-4-5(7(12)13)6-8(17)15-10(14)16-9(6)18/h3,5-11,15,19-20H,2H2,1H3,(H3,14,16,17,21);4,6,8H,1-3H3,(H3,12,13)(H3,14,15,16,18). The summed E-state index contributed by atoms with van der Waals surface area (Å²) in [6.45, 7) is 6.42. The van der Waals surface area contributed by atoms with Gasteiger partial charge in [-0.1, -0.05) is 0 Å². The molecule has 16 heteroatoms. The molecule has 0 aromatic carbocycles. The minimum atomic E-state index is -0.854. The second-order valence-corrected chi connectivity index (χ2v) is 11.7. The van der Waals surface area contributed by atoms with Gasteiger partial charge in [-0.3, -0.25) is 25.6 Å². The van der Waals surface area contributed by atoms with Crippen LogP contribution in [-0.2, 0) is 14.3 Å². The molecule has 2 fully saturated rings. The fourth-order valence-electron chi connectivity index (χ4n) is 5.87. The van der Waals surface area contributed by atoms with E-state index in [1.807, 2.05) is 43.8 Å². The number of nitrogens with two attached hydrogens (primary N) is 3. The average molecular weight is 560 g/mol. The Morgan fingerprint density at radius 1 is 1.05 bits per heavy atom. The number of aliphatic hydroxyl groups excluding tert-OH is 2. The highest BCUT2D eigenvalue weighted by Crippen LogP contribution is 2.40. The molecule has 2 amide bonds. The van der Waals surface area contributed by atoms with Crippen molar-refractivity contribution in [2.75, 3.05) is 13.6 Å². The number of rotatable bonds is 4. The zero-order valence-corrected chi connectivity index (χ0v) is 22.7. The highest BCUT2D eigenvalue weighted by Gasteiger charge is 2.61. The van der Waals surface area contributed by atoms with Gasteiger partial charge >= 0.3 is 0 Å². The molecule has 5 aliphatic heterocycles. The molecule has 1 aliphatic carbocycles. The highest BCUT2D eigenvalue weighted by atomic mass is 16.6. The molecule has 5 heterocycles. The van der Waals surface area contributed by atoms with Crippen molar-refractivity contribution in [3.05, 3.63) is 23.5 Å². The fourth-order valence-corrected chi connectivity index (χ4v) is 5.87. The van der Waals surface area contributed by atoms with E-state index in [9.17, 15) is 19.8 Å². The molecule has 218 valence electrons. The largest absolute Gasteiger partial charge is 0.389 e. The van der Waals surface area contributed by atoms with Crippen molar-refractivity contribution in [2.24, 2.45) is 39.0 Å². The molecule has 0 spiro atoms. The van der Waals surface area contributed by atoms with Crippen molar-refractivity contribution in [1.82, 2.24) is 25.8 Å². The first-order valence-corrected chi connectivity index (χ1v) is 13.0. The number of ether oxygens (including phenoxy) is 1. The Morgan fingerprint density at radius 3 is 2.20 bits per heavy atom. The maximum Gasteiger partial charge on any atom is 0.238 e. The van der Waals surface area contributed by atoms with Crippen LogP contribution in [-0.4, -0.2) is 112 Å². The number of aliphatic hydroxyl groups is 2. The molecule has 0 aromatic rings. The summed E-state index contributed by atoms with van der Waals surface area (Å²) in [6.07, 6.45) is 0.724. The molecule has 6 rings (SSSR count). The molecule has 6 aliphatic rings. The van der Waals surface area contributed by atoms with E-state index in [4.69, 9.17) is 27.3 Å². The summed E-state index contributed by atoms with van der Waals surface area (Å²) in [6, 6.07) is -0.328. The van der Waals surface area contributed by atoms with Gasteiger partial charge in [0.05, 0.1) is 6.04 Å². The predicted molar refractivity (Wildman–Crippen MR) is 144 cm³/mol.